The first-order valence-corrected chi connectivity index (χ1v) is 16.8. The Labute approximate surface area is 288 Å². The van der Waals surface area contributed by atoms with E-state index >= 15 is 0 Å². The van der Waals surface area contributed by atoms with Crippen LogP contribution >= 0.6 is 0 Å². The number of carbonyl (C=O) groups excluding carboxylic acids is 8. The molecule has 0 rings (SSSR count). The molecule has 14 N–H and O–H groups in total. The number of nitrogens with one attached hydrogen (secondary N) is 4. The van der Waals surface area contributed by atoms with Crippen LogP contribution in [0.1, 0.15) is 86.0 Å². The summed E-state index contributed by atoms with van der Waals surface area (Å²) in [6, 6.07) is -6.19. The highest BCUT2D eigenvalue weighted by Gasteiger charge is 2.35. The third-order valence-electron chi connectivity index (χ3n) is 7.86. The Morgan fingerprint density at radius 1 is 0.633 bits per heavy atom. The lowest BCUT2D eigenvalue weighted by molar-refractivity contribution is -0.141. The summed E-state index contributed by atoms with van der Waals surface area (Å²) in [6.45, 7) is 8.65. The number of primary amides is 2. The van der Waals surface area contributed by atoms with Crippen molar-refractivity contribution in [2.24, 2.45) is 40.5 Å². The number of rotatable bonds is 29. The van der Waals surface area contributed by atoms with Gasteiger partial charge in [-0.2, -0.15) is 0 Å². The quantitative estimate of drug-likeness (QED) is 0.0216. The van der Waals surface area contributed by atoms with Crippen molar-refractivity contribution in [3.05, 3.63) is 0 Å². The Morgan fingerprint density at radius 2 is 1.20 bits per heavy atom. The maximum Gasteiger partial charge on any atom is 0.237 e. The van der Waals surface area contributed by atoms with E-state index < -0.39 is 88.8 Å². The summed E-state index contributed by atoms with van der Waals surface area (Å²) in [6.07, 6.45) is 1.32. The molecular weight excluding hydrogens is 638 g/mol. The molecule has 280 valence electrons. The highest BCUT2D eigenvalue weighted by atomic mass is 16.2. The van der Waals surface area contributed by atoms with Gasteiger partial charge in [-0.05, 0) is 57.4 Å². The fourth-order valence-electron chi connectivity index (χ4n) is 4.74. The molecule has 0 saturated carbocycles. The van der Waals surface area contributed by atoms with Crippen LogP contribution < -0.4 is 49.9 Å². The van der Waals surface area contributed by atoms with Gasteiger partial charge in [0.25, 0.3) is 0 Å². The highest BCUT2D eigenvalue weighted by molar-refractivity contribution is 6.41. The van der Waals surface area contributed by atoms with Gasteiger partial charge in [0.2, 0.25) is 40.9 Å². The van der Waals surface area contributed by atoms with E-state index in [4.69, 9.17) is 28.7 Å². The molecule has 0 bridgehead atoms. The average molecular weight is 698 g/mol. The summed E-state index contributed by atoms with van der Waals surface area (Å²) in [5, 5.41) is 11.2. The Kier molecular flexibility index (Phi) is 22.1. The van der Waals surface area contributed by atoms with Crippen molar-refractivity contribution >= 4 is 46.6 Å². The molecule has 0 aliphatic carbocycles. The Morgan fingerprint density at radius 3 is 1.73 bits per heavy atom. The van der Waals surface area contributed by atoms with E-state index in [1.165, 1.54) is 0 Å². The lowest BCUT2D eigenvalue weighted by Gasteiger charge is -2.26. The van der Waals surface area contributed by atoms with Crippen LogP contribution in [0.5, 0.6) is 0 Å². The fourth-order valence-corrected chi connectivity index (χ4v) is 4.74. The number of nitrogens with two attached hydrogens (primary N) is 5. The molecule has 17 nitrogen and oxygen atoms in total. The van der Waals surface area contributed by atoms with E-state index in [1.807, 2.05) is 13.8 Å². The molecule has 0 fully saturated rings. The fraction of sp³-hybridized carbons (Fsp3) is 0.750. The van der Waals surface area contributed by atoms with Crippen LogP contribution in [0.25, 0.3) is 0 Å². The highest BCUT2D eigenvalue weighted by Crippen LogP contribution is 2.12. The van der Waals surface area contributed by atoms with Gasteiger partial charge in [0.15, 0.2) is 5.78 Å². The summed E-state index contributed by atoms with van der Waals surface area (Å²) in [5.74, 6) is -6.09. The third-order valence-corrected chi connectivity index (χ3v) is 7.86. The molecule has 0 saturated heterocycles. The zero-order chi connectivity index (χ0) is 37.8. The van der Waals surface area contributed by atoms with E-state index in [2.05, 4.69) is 21.3 Å². The molecule has 0 aromatic heterocycles. The molecular formula is C32H59N9O8. The van der Waals surface area contributed by atoms with Crippen molar-refractivity contribution < 1.29 is 38.4 Å². The van der Waals surface area contributed by atoms with E-state index in [0.29, 0.717) is 19.4 Å². The van der Waals surface area contributed by atoms with Gasteiger partial charge in [-0.15, -0.1) is 0 Å². The minimum absolute atomic E-state index is 0.00168. The number of hydrogen-bond donors (Lipinski definition) is 9. The maximum atomic E-state index is 13.4. The van der Waals surface area contributed by atoms with Crippen LogP contribution in [-0.4, -0.2) is 103 Å². The molecule has 49 heavy (non-hydrogen) atoms. The second-order valence-corrected chi connectivity index (χ2v) is 13.1. The third kappa shape index (κ3) is 18.2. The minimum atomic E-state index is -1.16. The first-order valence-electron chi connectivity index (χ1n) is 16.8. The van der Waals surface area contributed by atoms with E-state index in [1.54, 1.807) is 20.8 Å². The summed E-state index contributed by atoms with van der Waals surface area (Å²) in [7, 11) is 0. The van der Waals surface area contributed by atoms with Crippen LogP contribution in [0, 0.1) is 11.8 Å². The molecule has 0 unspecified atom stereocenters. The molecule has 0 aliphatic rings. The van der Waals surface area contributed by atoms with Gasteiger partial charge in [-0.3, -0.25) is 49.0 Å². The lowest BCUT2D eigenvalue weighted by Crippen LogP contribution is -2.56. The number of amides is 3. The Balaban J connectivity index is 5.39. The average Bonchev–Trinajstić information content (AvgIpc) is 3.03. The Bertz CT molecular complexity index is 1150. The first kappa shape index (κ1) is 45.5. The SMILES string of the molecule is CC(C)C[C@H](NCN[C@@H](C)C(=O)CN[C@@H](CCC(N)=O)C(=O)C(=O)[C@@H](N)CCCCN)C(=O)C(=O)[C@@H](NC(=O)[C@@H](N)CCC(N)=O)C(C)C. The molecule has 0 aromatic carbocycles. The van der Waals surface area contributed by atoms with Crippen molar-refractivity contribution in [3.8, 4) is 0 Å². The van der Waals surface area contributed by atoms with Gasteiger partial charge in [0.05, 0.1) is 42.8 Å². The largest absolute Gasteiger partial charge is 0.370 e. The van der Waals surface area contributed by atoms with E-state index in [9.17, 15) is 38.4 Å². The molecule has 0 spiro atoms. The zero-order valence-electron chi connectivity index (χ0n) is 29.5. The summed E-state index contributed by atoms with van der Waals surface area (Å²) >= 11 is 0. The lowest BCUT2D eigenvalue weighted by atomic mass is 9.91. The number of Topliss-reactive ketones (excluding diaryl/α,β-unsaturated/α-hetero) is 5. The van der Waals surface area contributed by atoms with Gasteiger partial charge in [0.1, 0.15) is 0 Å². The monoisotopic (exact) mass is 697 g/mol. The maximum absolute atomic E-state index is 13.4. The van der Waals surface area contributed by atoms with Crippen molar-refractivity contribution in [2.45, 2.75) is 122 Å². The molecule has 6 atom stereocenters. The van der Waals surface area contributed by atoms with Crippen LogP contribution in [0.15, 0.2) is 0 Å². The van der Waals surface area contributed by atoms with E-state index in [0.717, 1.165) is 0 Å². The van der Waals surface area contributed by atoms with Crippen molar-refractivity contribution in [2.75, 3.05) is 19.8 Å². The van der Waals surface area contributed by atoms with Crippen molar-refractivity contribution in [3.63, 3.8) is 0 Å². The number of ketones is 5. The molecule has 0 heterocycles. The second-order valence-electron chi connectivity index (χ2n) is 13.1. The first-order chi connectivity index (χ1) is 22.8. The summed E-state index contributed by atoms with van der Waals surface area (Å²) < 4.78 is 0. The number of hydrogen-bond acceptors (Lipinski definition) is 14. The van der Waals surface area contributed by atoms with Gasteiger partial charge >= 0.3 is 0 Å². The van der Waals surface area contributed by atoms with Crippen LogP contribution in [0.4, 0.5) is 0 Å². The normalized spacial score (nSPS) is 15.1. The Hall–Kier alpha value is -3.48. The molecule has 0 aliphatic heterocycles. The van der Waals surface area contributed by atoms with Gasteiger partial charge in [-0.1, -0.05) is 34.1 Å². The van der Waals surface area contributed by atoms with Crippen LogP contribution in [0.3, 0.4) is 0 Å². The molecule has 0 aromatic rings. The summed E-state index contributed by atoms with van der Waals surface area (Å²) in [4.78, 5) is 100. The molecule has 3 amide bonds. The number of carbonyl (C=O) groups is 8. The summed E-state index contributed by atoms with van der Waals surface area (Å²) in [5.41, 5.74) is 27.5. The molecule has 0 radical (unpaired) electrons. The van der Waals surface area contributed by atoms with Crippen LogP contribution in [-0.2, 0) is 38.4 Å². The van der Waals surface area contributed by atoms with E-state index in [-0.39, 0.29) is 57.7 Å². The minimum Gasteiger partial charge on any atom is -0.370 e. The smallest absolute Gasteiger partial charge is 0.237 e. The predicted molar refractivity (Wildman–Crippen MR) is 183 cm³/mol. The van der Waals surface area contributed by atoms with Gasteiger partial charge in [0, 0.05) is 19.5 Å². The topological polar surface area (TPSA) is 315 Å². The van der Waals surface area contributed by atoms with Gasteiger partial charge < -0.3 is 39.3 Å². The van der Waals surface area contributed by atoms with Crippen molar-refractivity contribution in [1.82, 2.24) is 21.3 Å². The predicted octanol–water partition coefficient (Wildman–Crippen LogP) is -2.81. The zero-order valence-corrected chi connectivity index (χ0v) is 29.5. The molecule has 17 heteroatoms. The standard InChI is InChI=1S/C32H59N9O8/c1-17(2)14-23(30(47)31(48)27(18(3)4)41-32(49)21(35)9-11-25(36)43)40-16-39-19(5)24(42)15-38-22(10-12-26(37)44)29(46)28(45)20(34)8-6-7-13-33/h17-23,27,38-40H,6-16,33-35H2,1-5H3,(H2,36,43)(H2,37,44)(H,41,49)/t19-,20-,21-,22-,23-,27-/m0/s1. The number of unbranched alkanes of at least 4 members (excludes halogenated alkanes) is 1. The second kappa shape index (κ2) is 23.8. The van der Waals surface area contributed by atoms with Crippen LogP contribution in [0.2, 0.25) is 0 Å². The van der Waals surface area contributed by atoms with Crippen molar-refractivity contribution in [1.29, 1.82) is 0 Å². The van der Waals surface area contributed by atoms with Gasteiger partial charge in [-0.25, -0.2) is 0 Å².